The normalized spacial score (nSPS) is 17.6. The predicted molar refractivity (Wildman–Crippen MR) is 63.7 cm³/mol. The van der Waals surface area contributed by atoms with Crippen molar-refractivity contribution in [3.63, 3.8) is 0 Å². The van der Waals surface area contributed by atoms with Gasteiger partial charge >= 0.3 is 0 Å². The fraction of sp³-hybridized carbons (Fsp3) is 0.417. The molecule has 1 aromatic rings. The molecule has 1 fully saturated rings. The van der Waals surface area contributed by atoms with Crippen LogP contribution < -0.4 is 11.1 Å². The van der Waals surface area contributed by atoms with Crippen LogP contribution in [0.1, 0.15) is 12.0 Å². The third-order valence-electron chi connectivity index (χ3n) is 2.81. The van der Waals surface area contributed by atoms with Gasteiger partial charge < -0.3 is 11.1 Å². The minimum atomic E-state index is -0.401. The van der Waals surface area contributed by atoms with E-state index in [2.05, 4.69) is 5.32 Å². The van der Waals surface area contributed by atoms with E-state index in [1.807, 2.05) is 4.90 Å². The Bertz CT molecular complexity index is 422. The number of nitrogens with one attached hydrogen (secondary N) is 1. The molecule has 0 aromatic heterocycles. The molecule has 0 aliphatic carbocycles. The molecule has 0 saturated carbocycles. The Kier molecular flexibility index (Phi) is 3.58. The van der Waals surface area contributed by atoms with Crippen molar-refractivity contribution in [1.82, 2.24) is 10.2 Å². The van der Waals surface area contributed by atoms with Crippen LogP contribution in [-0.4, -0.2) is 30.4 Å². The SMILES string of the molecule is Nc1ccc(CN2CCCNC(=O)C2)cc1F. The van der Waals surface area contributed by atoms with E-state index in [1.165, 1.54) is 6.07 Å². The molecule has 0 unspecified atom stereocenters. The molecule has 1 aromatic carbocycles. The molecule has 0 radical (unpaired) electrons. The highest BCUT2D eigenvalue weighted by molar-refractivity contribution is 5.78. The van der Waals surface area contributed by atoms with E-state index in [0.717, 1.165) is 18.5 Å². The summed E-state index contributed by atoms with van der Waals surface area (Å²) in [5.41, 5.74) is 6.41. The van der Waals surface area contributed by atoms with E-state index >= 15 is 0 Å². The number of carbonyl (C=O) groups excluding carboxylic acids is 1. The largest absolute Gasteiger partial charge is 0.396 e. The fourth-order valence-electron chi connectivity index (χ4n) is 1.93. The number of nitrogens with zero attached hydrogens (tertiary/aromatic N) is 1. The lowest BCUT2D eigenvalue weighted by molar-refractivity contribution is -0.121. The number of hydrogen-bond donors (Lipinski definition) is 2. The summed E-state index contributed by atoms with van der Waals surface area (Å²) in [6.45, 7) is 2.49. The van der Waals surface area contributed by atoms with Gasteiger partial charge in [-0.3, -0.25) is 9.69 Å². The van der Waals surface area contributed by atoms with Gasteiger partial charge in [-0.1, -0.05) is 6.07 Å². The number of nitrogens with two attached hydrogens (primary N) is 1. The lowest BCUT2D eigenvalue weighted by Gasteiger charge is -2.18. The van der Waals surface area contributed by atoms with Gasteiger partial charge in [0.1, 0.15) is 5.82 Å². The highest BCUT2D eigenvalue weighted by Crippen LogP contribution is 2.14. The summed E-state index contributed by atoms with van der Waals surface area (Å²) < 4.78 is 13.3. The van der Waals surface area contributed by atoms with Crippen molar-refractivity contribution < 1.29 is 9.18 Å². The smallest absolute Gasteiger partial charge is 0.234 e. The van der Waals surface area contributed by atoms with Gasteiger partial charge in [-0.15, -0.1) is 0 Å². The minimum Gasteiger partial charge on any atom is -0.396 e. The molecule has 0 spiro atoms. The topological polar surface area (TPSA) is 58.4 Å². The molecule has 1 saturated heterocycles. The van der Waals surface area contributed by atoms with Crippen molar-refractivity contribution in [1.29, 1.82) is 0 Å². The van der Waals surface area contributed by atoms with Crippen LogP contribution in [0.5, 0.6) is 0 Å². The summed E-state index contributed by atoms with van der Waals surface area (Å²) in [5.74, 6) is -0.375. The lowest BCUT2D eigenvalue weighted by Crippen LogP contribution is -2.32. The van der Waals surface area contributed by atoms with Gasteiger partial charge in [0.15, 0.2) is 0 Å². The van der Waals surface area contributed by atoms with E-state index in [4.69, 9.17) is 5.73 Å². The molecule has 1 aliphatic heterocycles. The van der Waals surface area contributed by atoms with Crippen LogP contribution in [-0.2, 0) is 11.3 Å². The summed E-state index contributed by atoms with van der Waals surface area (Å²) in [6, 6.07) is 4.78. The van der Waals surface area contributed by atoms with Gasteiger partial charge in [-0.05, 0) is 24.1 Å². The molecule has 3 N–H and O–H groups in total. The Morgan fingerprint density at radius 1 is 1.47 bits per heavy atom. The number of anilines is 1. The van der Waals surface area contributed by atoms with Gasteiger partial charge in [0.05, 0.1) is 12.2 Å². The summed E-state index contributed by atoms with van der Waals surface area (Å²) in [5, 5.41) is 2.81. The molecule has 2 rings (SSSR count). The number of benzene rings is 1. The molecule has 92 valence electrons. The van der Waals surface area contributed by atoms with Crippen LogP contribution in [0.3, 0.4) is 0 Å². The van der Waals surface area contributed by atoms with Gasteiger partial charge in [0.2, 0.25) is 5.91 Å². The zero-order chi connectivity index (χ0) is 12.3. The first-order valence-electron chi connectivity index (χ1n) is 5.68. The number of rotatable bonds is 2. The number of carbonyl (C=O) groups is 1. The molecule has 1 amide bonds. The molecular formula is C12H16FN3O. The Labute approximate surface area is 99.6 Å². The van der Waals surface area contributed by atoms with Crippen LogP contribution in [0.15, 0.2) is 18.2 Å². The number of hydrogen-bond acceptors (Lipinski definition) is 3. The third kappa shape index (κ3) is 3.17. The Hall–Kier alpha value is -1.62. The van der Waals surface area contributed by atoms with E-state index in [9.17, 15) is 9.18 Å². The van der Waals surface area contributed by atoms with Crippen LogP contribution in [0.25, 0.3) is 0 Å². The molecule has 17 heavy (non-hydrogen) atoms. The molecular weight excluding hydrogens is 221 g/mol. The first kappa shape index (κ1) is 11.9. The van der Waals surface area contributed by atoms with Gasteiger partial charge in [0, 0.05) is 19.6 Å². The maximum absolute atomic E-state index is 13.3. The number of amides is 1. The number of halogens is 1. The lowest BCUT2D eigenvalue weighted by atomic mass is 10.2. The Morgan fingerprint density at radius 3 is 3.06 bits per heavy atom. The maximum Gasteiger partial charge on any atom is 0.234 e. The molecule has 5 heteroatoms. The van der Waals surface area contributed by atoms with Crippen molar-refractivity contribution in [2.75, 3.05) is 25.4 Å². The molecule has 1 aliphatic rings. The van der Waals surface area contributed by atoms with Crippen molar-refractivity contribution >= 4 is 11.6 Å². The zero-order valence-corrected chi connectivity index (χ0v) is 9.58. The first-order chi connectivity index (χ1) is 8.15. The Balaban J connectivity index is 2.03. The van der Waals surface area contributed by atoms with Crippen molar-refractivity contribution in [2.45, 2.75) is 13.0 Å². The molecule has 1 heterocycles. The van der Waals surface area contributed by atoms with Gasteiger partial charge in [-0.2, -0.15) is 0 Å². The minimum absolute atomic E-state index is 0.0263. The summed E-state index contributed by atoms with van der Waals surface area (Å²) in [6.07, 6.45) is 0.920. The van der Waals surface area contributed by atoms with Crippen molar-refractivity contribution in [3.05, 3.63) is 29.6 Å². The molecule has 4 nitrogen and oxygen atoms in total. The Morgan fingerprint density at radius 2 is 2.29 bits per heavy atom. The summed E-state index contributed by atoms with van der Waals surface area (Å²) in [7, 11) is 0. The fourth-order valence-corrected chi connectivity index (χ4v) is 1.93. The van der Waals surface area contributed by atoms with E-state index in [-0.39, 0.29) is 11.6 Å². The van der Waals surface area contributed by atoms with Crippen LogP contribution >= 0.6 is 0 Å². The quantitative estimate of drug-likeness (QED) is 0.745. The second-order valence-corrected chi connectivity index (χ2v) is 4.27. The van der Waals surface area contributed by atoms with E-state index in [1.54, 1.807) is 12.1 Å². The van der Waals surface area contributed by atoms with Crippen molar-refractivity contribution in [2.24, 2.45) is 0 Å². The van der Waals surface area contributed by atoms with E-state index in [0.29, 0.717) is 19.6 Å². The van der Waals surface area contributed by atoms with Crippen LogP contribution in [0.2, 0.25) is 0 Å². The van der Waals surface area contributed by atoms with E-state index < -0.39 is 5.82 Å². The van der Waals surface area contributed by atoms with Crippen molar-refractivity contribution in [3.8, 4) is 0 Å². The summed E-state index contributed by atoms with van der Waals surface area (Å²) in [4.78, 5) is 13.4. The number of nitrogen functional groups attached to an aromatic ring is 1. The average molecular weight is 237 g/mol. The molecule has 0 bridgehead atoms. The van der Waals surface area contributed by atoms with Crippen LogP contribution in [0.4, 0.5) is 10.1 Å². The standard InChI is InChI=1S/C12H16FN3O/c13-10-6-9(2-3-11(10)14)7-16-5-1-4-15-12(17)8-16/h2-3,6H,1,4-5,7-8,14H2,(H,15,17). The third-order valence-corrected chi connectivity index (χ3v) is 2.81. The highest BCUT2D eigenvalue weighted by Gasteiger charge is 2.14. The monoisotopic (exact) mass is 237 g/mol. The van der Waals surface area contributed by atoms with Gasteiger partial charge in [-0.25, -0.2) is 4.39 Å². The highest BCUT2D eigenvalue weighted by atomic mass is 19.1. The average Bonchev–Trinajstić information content (AvgIpc) is 2.48. The predicted octanol–water partition coefficient (Wildman–Crippen LogP) is 0.730. The second kappa shape index (κ2) is 5.14. The van der Waals surface area contributed by atoms with Gasteiger partial charge in [0.25, 0.3) is 0 Å². The first-order valence-corrected chi connectivity index (χ1v) is 5.68. The second-order valence-electron chi connectivity index (χ2n) is 4.27. The summed E-state index contributed by atoms with van der Waals surface area (Å²) >= 11 is 0. The molecule has 0 atom stereocenters. The maximum atomic E-state index is 13.3. The zero-order valence-electron chi connectivity index (χ0n) is 9.58. The van der Waals surface area contributed by atoms with Crippen LogP contribution in [0, 0.1) is 5.82 Å².